The van der Waals surface area contributed by atoms with Crippen molar-refractivity contribution in [2.24, 2.45) is 5.14 Å². The molecule has 0 bridgehead atoms. The Labute approximate surface area is 161 Å². The molecule has 0 radical (unpaired) electrons. The Bertz CT molecular complexity index is 1060. The van der Waals surface area contributed by atoms with Crippen LogP contribution in [0, 0.1) is 5.82 Å². The van der Waals surface area contributed by atoms with Gasteiger partial charge in [-0.1, -0.05) is 36.0 Å². The zero-order chi connectivity index (χ0) is 19.3. The van der Waals surface area contributed by atoms with Crippen molar-refractivity contribution in [3.05, 3.63) is 64.4 Å². The number of hydrogen-bond donors (Lipinski definition) is 1. The Morgan fingerprint density at radius 1 is 1.15 bits per heavy atom. The highest BCUT2D eigenvalue weighted by atomic mass is 35.5. The highest BCUT2D eigenvalue weighted by Gasteiger charge is 2.39. The molecule has 26 heavy (non-hydrogen) atoms. The van der Waals surface area contributed by atoms with E-state index in [1.54, 1.807) is 18.2 Å². The lowest BCUT2D eigenvalue weighted by Gasteiger charge is -2.20. The average Bonchev–Trinajstić information content (AvgIpc) is 2.76. The van der Waals surface area contributed by atoms with Crippen LogP contribution in [0.5, 0.6) is 0 Å². The molecule has 2 aromatic carbocycles. The fourth-order valence-electron chi connectivity index (χ4n) is 2.74. The number of nitrogens with two attached hydrogens (primary N) is 1. The number of thiocarbonyl (C=S) groups is 1. The minimum atomic E-state index is -4.15. The van der Waals surface area contributed by atoms with E-state index in [1.807, 2.05) is 19.9 Å². The van der Waals surface area contributed by atoms with Gasteiger partial charge in [0.05, 0.1) is 4.86 Å². The summed E-state index contributed by atoms with van der Waals surface area (Å²) in [5.41, 5.74) is 0.935. The van der Waals surface area contributed by atoms with Crippen molar-refractivity contribution in [2.45, 2.75) is 24.3 Å². The van der Waals surface area contributed by atoms with Crippen molar-refractivity contribution in [2.75, 3.05) is 0 Å². The van der Waals surface area contributed by atoms with Crippen LogP contribution in [0.3, 0.4) is 0 Å². The Morgan fingerprint density at radius 3 is 2.42 bits per heavy atom. The predicted octanol–water partition coefficient (Wildman–Crippen LogP) is 4.17. The van der Waals surface area contributed by atoms with Crippen LogP contribution in [-0.4, -0.2) is 18.9 Å². The number of rotatable bonds is 3. The maximum atomic E-state index is 14.3. The van der Waals surface area contributed by atoms with Gasteiger partial charge in [0, 0.05) is 16.2 Å². The molecule has 0 saturated carbocycles. The third kappa shape index (κ3) is 3.40. The monoisotopic (exact) mass is 411 g/mol. The van der Waals surface area contributed by atoms with E-state index in [-0.39, 0.29) is 0 Å². The van der Waals surface area contributed by atoms with Gasteiger partial charge in [-0.2, -0.15) is 0 Å². The molecule has 0 fully saturated rings. The second-order valence-corrected chi connectivity index (χ2v) is 8.72. The van der Waals surface area contributed by atoms with Crippen molar-refractivity contribution >= 4 is 50.0 Å². The van der Waals surface area contributed by atoms with E-state index in [0.29, 0.717) is 26.8 Å². The van der Waals surface area contributed by atoms with Gasteiger partial charge in [-0.3, -0.25) is 0 Å². The molecule has 8 heteroatoms. The van der Waals surface area contributed by atoms with E-state index < -0.39 is 26.3 Å². The fraction of sp³-hybridized carbons (Fsp3) is 0.167. The summed E-state index contributed by atoms with van der Waals surface area (Å²) in [5.74, 6) is -0.593. The number of halogens is 2. The van der Waals surface area contributed by atoms with E-state index in [4.69, 9.17) is 33.7 Å². The first-order chi connectivity index (χ1) is 12.0. The zero-order valence-corrected chi connectivity index (χ0v) is 16.3. The van der Waals surface area contributed by atoms with Crippen LogP contribution in [0.15, 0.2) is 47.4 Å². The lowest BCUT2D eigenvalue weighted by atomic mass is 9.94. The maximum Gasteiger partial charge on any atom is 0.240 e. The first-order valence-corrected chi connectivity index (χ1v) is 9.91. The molecule has 0 unspecified atom stereocenters. The molecule has 2 aromatic rings. The Morgan fingerprint density at radius 2 is 1.85 bits per heavy atom. The average molecular weight is 412 g/mol. The van der Waals surface area contributed by atoms with Gasteiger partial charge >= 0.3 is 0 Å². The van der Waals surface area contributed by atoms with Crippen molar-refractivity contribution in [3.63, 3.8) is 0 Å². The molecule has 0 aromatic heterocycles. The molecule has 3 rings (SSSR count). The van der Waals surface area contributed by atoms with Gasteiger partial charge in [0.2, 0.25) is 10.0 Å². The molecule has 1 heterocycles. The molecule has 4 nitrogen and oxygen atoms in total. The molecular weight excluding hydrogens is 397 g/mol. The Hall–Kier alpha value is -1.80. The Balaban J connectivity index is 2.22. The van der Waals surface area contributed by atoms with Gasteiger partial charge in [0.25, 0.3) is 0 Å². The van der Waals surface area contributed by atoms with Gasteiger partial charge in [-0.25, -0.2) is 17.9 Å². The fourth-order valence-corrected chi connectivity index (χ4v) is 3.77. The molecule has 0 aliphatic carbocycles. The third-order valence-electron chi connectivity index (χ3n) is 3.97. The van der Waals surface area contributed by atoms with E-state index in [2.05, 4.69) is 0 Å². The molecule has 0 amide bonds. The molecule has 136 valence electrons. The first-order valence-electron chi connectivity index (χ1n) is 7.57. The third-order valence-corrected chi connectivity index (χ3v) is 5.85. The lowest BCUT2D eigenvalue weighted by molar-refractivity contribution is 0.160. The van der Waals surface area contributed by atoms with Crippen molar-refractivity contribution in [1.29, 1.82) is 0 Å². The lowest BCUT2D eigenvalue weighted by Crippen LogP contribution is -2.27. The van der Waals surface area contributed by atoms with Gasteiger partial charge in [0.15, 0.2) is 0 Å². The summed E-state index contributed by atoms with van der Waals surface area (Å²) in [6.07, 6.45) is 0. The largest absolute Gasteiger partial charge is 0.481 e. The van der Waals surface area contributed by atoms with Crippen LogP contribution in [0.25, 0.3) is 11.3 Å². The standard InChI is InChI=1S/C18H15ClFNO3S2/c1-18(2)17(25)15(10-4-3-5-12(19)8-10)16(24-18)11-6-7-14(13(20)9-11)26(21,22)23/h3-9H,1-2H3,(H2,21,22,23). The number of benzene rings is 2. The summed E-state index contributed by atoms with van der Waals surface area (Å²) in [6, 6.07) is 10.7. The number of primary sulfonamides is 1. The Kier molecular flexibility index (Phi) is 4.69. The van der Waals surface area contributed by atoms with E-state index in [0.717, 1.165) is 17.7 Å². The summed E-state index contributed by atoms with van der Waals surface area (Å²) in [6.45, 7) is 3.61. The minimum absolute atomic E-state index is 0.359. The summed E-state index contributed by atoms with van der Waals surface area (Å²) >= 11 is 11.6. The van der Waals surface area contributed by atoms with Gasteiger partial charge in [-0.05, 0) is 49.7 Å². The molecule has 1 aliphatic rings. The minimum Gasteiger partial charge on any atom is -0.481 e. The second-order valence-electron chi connectivity index (χ2n) is 6.35. The van der Waals surface area contributed by atoms with Crippen LogP contribution in [0.4, 0.5) is 4.39 Å². The summed E-state index contributed by atoms with van der Waals surface area (Å²) in [4.78, 5) is -0.0308. The summed E-state index contributed by atoms with van der Waals surface area (Å²) in [5, 5.41) is 5.54. The SMILES string of the molecule is CC1(C)OC(c2ccc(S(N)(=O)=O)c(F)c2)=C(c2cccc(Cl)c2)C1=S. The van der Waals surface area contributed by atoms with E-state index in [1.165, 1.54) is 6.07 Å². The predicted molar refractivity (Wildman–Crippen MR) is 104 cm³/mol. The quantitative estimate of drug-likeness (QED) is 0.769. The number of ether oxygens (including phenoxy) is 1. The topological polar surface area (TPSA) is 69.4 Å². The molecule has 1 aliphatic heterocycles. The van der Waals surface area contributed by atoms with Crippen LogP contribution in [0.1, 0.15) is 25.0 Å². The number of sulfonamides is 1. The van der Waals surface area contributed by atoms with Crippen LogP contribution in [-0.2, 0) is 14.8 Å². The van der Waals surface area contributed by atoms with E-state index >= 15 is 0 Å². The molecule has 0 spiro atoms. The van der Waals surface area contributed by atoms with Crippen molar-refractivity contribution < 1.29 is 17.5 Å². The first kappa shape index (κ1) is 19.0. The van der Waals surface area contributed by atoms with Gasteiger partial charge in [0.1, 0.15) is 22.1 Å². The second kappa shape index (κ2) is 6.42. The highest BCUT2D eigenvalue weighted by molar-refractivity contribution is 7.89. The summed E-state index contributed by atoms with van der Waals surface area (Å²) in [7, 11) is -4.15. The molecule has 0 atom stereocenters. The summed E-state index contributed by atoms with van der Waals surface area (Å²) < 4.78 is 43.1. The van der Waals surface area contributed by atoms with Crippen LogP contribution < -0.4 is 5.14 Å². The van der Waals surface area contributed by atoms with Crippen LogP contribution >= 0.6 is 23.8 Å². The normalized spacial score (nSPS) is 16.7. The van der Waals surface area contributed by atoms with Crippen molar-refractivity contribution in [1.82, 2.24) is 0 Å². The van der Waals surface area contributed by atoms with Gasteiger partial charge < -0.3 is 4.74 Å². The van der Waals surface area contributed by atoms with Crippen LogP contribution in [0.2, 0.25) is 5.02 Å². The maximum absolute atomic E-state index is 14.3. The smallest absolute Gasteiger partial charge is 0.240 e. The molecule has 0 saturated heterocycles. The van der Waals surface area contributed by atoms with Gasteiger partial charge in [-0.15, -0.1) is 0 Å². The molecule has 2 N–H and O–H groups in total. The zero-order valence-electron chi connectivity index (χ0n) is 13.9. The highest BCUT2D eigenvalue weighted by Crippen LogP contribution is 2.42. The van der Waals surface area contributed by atoms with Crippen molar-refractivity contribution in [3.8, 4) is 0 Å². The van der Waals surface area contributed by atoms with E-state index in [9.17, 15) is 12.8 Å². The molecular formula is C18H15ClFNO3S2. The number of hydrogen-bond acceptors (Lipinski definition) is 4.